The second-order valence-corrected chi connectivity index (χ2v) is 5.42. The van der Waals surface area contributed by atoms with Crippen molar-refractivity contribution in [3.63, 3.8) is 0 Å². The van der Waals surface area contributed by atoms with Crippen LogP contribution in [0, 0.1) is 0 Å². The van der Waals surface area contributed by atoms with Gasteiger partial charge in [-0.3, -0.25) is 0 Å². The number of rotatable bonds is 2. The van der Waals surface area contributed by atoms with Crippen LogP contribution in [0.1, 0.15) is 30.9 Å². The molecule has 0 unspecified atom stereocenters. The first-order valence-corrected chi connectivity index (χ1v) is 7.54. The van der Waals surface area contributed by atoms with E-state index in [0.29, 0.717) is 5.15 Å². The van der Waals surface area contributed by atoms with Gasteiger partial charge in [0.1, 0.15) is 17.3 Å². The molecule has 0 saturated heterocycles. The molecular formula is C16H18ClN3. The van der Waals surface area contributed by atoms with Gasteiger partial charge in [-0.05, 0) is 37.3 Å². The normalized spacial score (nSPS) is 14.8. The molecule has 1 aliphatic rings. The number of hydrogen-bond donors (Lipinski definition) is 0. The Kier molecular flexibility index (Phi) is 3.88. The molecule has 0 amide bonds. The molecule has 2 aromatic rings. The zero-order chi connectivity index (χ0) is 13.9. The van der Waals surface area contributed by atoms with Crippen LogP contribution in [-0.2, 0) is 12.8 Å². The van der Waals surface area contributed by atoms with Gasteiger partial charge >= 0.3 is 0 Å². The van der Waals surface area contributed by atoms with Gasteiger partial charge in [0.05, 0.1) is 0 Å². The number of fused-ring (bicyclic) bond motifs is 1. The monoisotopic (exact) mass is 287 g/mol. The molecule has 1 aromatic carbocycles. The summed E-state index contributed by atoms with van der Waals surface area (Å²) in [6.45, 7) is 3.08. The maximum Gasteiger partial charge on any atom is 0.141 e. The summed E-state index contributed by atoms with van der Waals surface area (Å²) < 4.78 is 0. The van der Waals surface area contributed by atoms with Crippen LogP contribution in [0.5, 0.6) is 0 Å². The third-order valence-corrected chi connectivity index (χ3v) is 4.17. The van der Waals surface area contributed by atoms with Crippen molar-refractivity contribution in [1.82, 2.24) is 9.97 Å². The van der Waals surface area contributed by atoms with Crippen molar-refractivity contribution in [3.05, 3.63) is 46.9 Å². The maximum absolute atomic E-state index is 6.24. The Labute approximate surface area is 124 Å². The number of aromatic nitrogens is 2. The Morgan fingerprint density at radius 3 is 2.90 bits per heavy atom. The molecule has 0 radical (unpaired) electrons. The summed E-state index contributed by atoms with van der Waals surface area (Å²) >= 11 is 6.24. The number of anilines is 2. The molecule has 0 spiro atoms. The molecular weight excluding hydrogens is 270 g/mol. The van der Waals surface area contributed by atoms with Gasteiger partial charge in [-0.1, -0.05) is 36.7 Å². The number of aryl methyl sites for hydroxylation is 1. The van der Waals surface area contributed by atoms with E-state index in [2.05, 4.69) is 46.1 Å². The molecule has 3 rings (SSSR count). The zero-order valence-electron chi connectivity index (χ0n) is 11.6. The molecule has 3 nitrogen and oxygen atoms in total. The highest BCUT2D eigenvalue weighted by molar-refractivity contribution is 6.30. The van der Waals surface area contributed by atoms with Crippen LogP contribution in [0.2, 0.25) is 5.15 Å². The Balaban J connectivity index is 2.12. The van der Waals surface area contributed by atoms with E-state index < -0.39 is 0 Å². The Bertz CT molecular complexity index is 612. The quantitative estimate of drug-likeness (QED) is 0.777. The number of nitrogens with zero attached hydrogens (tertiary/aromatic N) is 3. The zero-order valence-corrected chi connectivity index (χ0v) is 12.4. The van der Waals surface area contributed by atoms with Gasteiger partial charge < -0.3 is 4.90 Å². The maximum atomic E-state index is 6.24. The van der Waals surface area contributed by atoms with Crippen molar-refractivity contribution in [2.75, 3.05) is 11.4 Å². The van der Waals surface area contributed by atoms with Crippen LogP contribution in [0.4, 0.5) is 11.5 Å². The van der Waals surface area contributed by atoms with Gasteiger partial charge in [0.15, 0.2) is 0 Å². The van der Waals surface area contributed by atoms with Crippen molar-refractivity contribution in [3.8, 4) is 0 Å². The molecule has 104 valence electrons. The molecule has 1 aromatic heterocycles. The van der Waals surface area contributed by atoms with Crippen molar-refractivity contribution < 1.29 is 0 Å². The number of para-hydroxylation sites is 1. The predicted octanol–water partition coefficient (Wildman–Crippen LogP) is 4.17. The van der Waals surface area contributed by atoms with Crippen LogP contribution in [0.25, 0.3) is 0 Å². The van der Waals surface area contributed by atoms with Gasteiger partial charge in [-0.2, -0.15) is 0 Å². The summed E-state index contributed by atoms with van der Waals surface area (Å²) in [5, 5.41) is 0.569. The third-order valence-electron chi connectivity index (χ3n) is 3.84. The van der Waals surface area contributed by atoms with Gasteiger partial charge in [0, 0.05) is 17.8 Å². The number of halogens is 1. The summed E-state index contributed by atoms with van der Waals surface area (Å²) in [4.78, 5) is 10.9. The van der Waals surface area contributed by atoms with Gasteiger partial charge in [0.25, 0.3) is 0 Å². The average Bonchev–Trinajstić information content (AvgIpc) is 2.69. The van der Waals surface area contributed by atoms with Crippen LogP contribution in [0.15, 0.2) is 30.6 Å². The molecule has 0 bridgehead atoms. The first kappa shape index (κ1) is 13.4. The number of hydrogen-bond acceptors (Lipinski definition) is 3. The van der Waals surface area contributed by atoms with Crippen LogP contribution in [-0.4, -0.2) is 16.5 Å². The van der Waals surface area contributed by atoms with E-state index in [-0.39, 0.29) is 0 Å². The largest absolute Gasteiger partial charge is 0.326 e. The highest BCUT2D eigenvalue weighted by Gasteiger charge is 2.20. The summed E-state index contributed by atoms with van der Waals surface area (Å²) in [6.07, 6.45) is 5.91. The van der Waals surface area contributed by atoms with Gasteiger partial charge in [-0.15, -0.1) is 0 Å². The van der Waals surface area contributed by atoms with Crippen molar-refractivity contribution in [2.45, 2.75) is 32.6 Å². The standard InChI is InChI=1S/C16H18ClN3/c1-2-13-15(17)18-11-19-16(13)20-10-6-5-8-12-7-3-4-9-14(12)20/h3-4,7,9,11H,2,5-6,8,10H2,1H3. The summed E-state index contributed by atoms with van der Waals surface area (Å²) in [6, 6.07) is 8.58. The first-order valence-electron chi connectivity index (χ1n) is 7.16. The predicted molar refractivity (Wildman–Crippen MR) is 82.8 cm³/mol. The summed E-state index contributed by atoms with van der Waals surface area (Å²) in [7, 11) is 0. The lowest BCUT2D eigenvalue weighted by Crippen LogP contribution is -2.21. The molecule has 2 heterocycles. The van der Waals surface area contributed by atoms with Gasteiger partial charge in [-0.25, -0.2) is 9.97 Å². The topological polar surface area (TPSA) is 29.0 Å². The molecule has 0 atom stereocenters. The van der Waals surface area contributed by atoms with E-state index in [9.17, 15) is 0 Å². The second kappa shape index (κ2) is 5.80. The molecule has 0 aliphatic carbocycles. The Morgan fingerprint density at radius 1 is 1.20 bits per heavy atom. The molecule has 0 fully saturated rings. The van der Waals surface area contributed by atoms with E-state index in [4.69, 9.17) is 11.6 Å². The number of benzene rings is 1. The van der Waals surface area contributed by atoms with E-state index in [1.54, 1.807) is 6.33 Å². The van der Waals surface area contributed by atoms with Crippen LogP contribution >= 0.6 is 11.6 Å². The smallest absolute Gasteiger partial charge is 0.141 e. The fourth-order valence-corrected chi connectivity index (χ4v) is 3.09. The van der Waals surface area contributed by atoms with Gasteiger partial charge in [0.2, 0.25) is 0 Å². The Hall–Kier alpha value is -1.61. The fraction of sp³-hybridized carbons (Fsp3) is 0.375. The SMILES string of the molecule is CCc1c(Cl)ncnc1N1CCCCc2ccccc21. The fourth-order valence-electron chi connectivity index (χ4n) is 2.83. The first-order chi connectivity index (χ1) is 9.81. The molecule has 0 saturated carbocycles. The average molecular weight is 288 g/mol. The molecule has 20 heavy (non-hydrogen) atoms. The summed E-state index contributed by atoms with van der Waals surface area (Å²) in [5.41, 5.74) is 3.68. The van der Waals surface area contributed by atoms with Crippen LogP contribution < -0.4 is 4.90 Å². The molecule has 0 N–H and O–H groups in total. The molecule has 4 heteroatoms. The lowest BCUT2D eigenvalue weighted by Gasteiger charge is -2.26. The van der Waals surface area contributed by atoms with E-state index in [1.165, 1.54) is 24.1 Å². The highest BCUT2D eigenvalue weighted by Crippen LogP contribution is 2.34. The lowest BCUT2D eigenvalue weighted by molar-refractivity contribution is 0.755. The second-order valence-electron chi connectivity index (χ2n) is 5.06. The Morgan fingerprint density at radius 2 is 2.05 bits per heavy atom. The summed E-state index contributed by atoms with van der Waals surface area (Å²) in [5.74, 6) is 0.960. The van der Waals surface area contributed by atoms with E-state index >= 15 is 0 Å². The minimum atomic E-state index is 0.569. The third kappa shape index (κ3) is 2.38. The van der Waals surface area contributed by atoms with E-state index in [1.807, 2.05) is 0 Å². The van der Waals surface area contributed by atoms with Crippen LogP contribution in [0.3, 0.4) is 0 Å². The van der Waals surface area contributed by atoms with Crippen molar-refractivity contribution in [1.29, 1.82) is 0 Å². The van der Waals surface area contributed by atoms with Crippen molar-refractivity contribution in [2.24, 2.45) is 0 Å². The molecule has 1 aliphatic heterocycles. The minimum absolute atomic E-state index is 0.569. The lowest BCUT2D eigenvalue weighted by atomic mass is 10.1. The minimum Gasteiger partial charge on any atom is -0.326 e. The van der Waals surface area contributed by atoms with Crippen molar-refractivity contribution >= 4 is 23.1 Å². The van der Waals surface area contributed by atoms with E-state index in [0.717, 1.165) is 30.8 Å². The highest BCUT2D eigenvalue weighted by atomic mass is 35.5.